The fraction of sp³-hybridized carbons (Fsp3) is 0.469. The molecule has 46 heavy (non-hydrogen) atoms. The first-order valence-electron chi connectivity index (χ1n) is 15.9. The maximum absolute atomic E-state index is 12.6. The van der Waals surface area contributed by atoms with Crippen LogP contribution in [0.3, 0.4) is 0 Å². The van der Waals surface area contributed by atoms with E-state index in [-0.39, 0.29) is 11.3 Å². The molecule has 4 aromatic rings. The zero-order chi connectivity index (χ0) is 31.7. The number of hydrogen-bond donors (Lipinski definition) is 3. The van der Waals surface area contributed by atoms with Crippen LogP contribution in [-0.2, 0) is 21.3 Å². The van der Waals surface area contributed by atoms with Crippen LogP contribution in [0.1, 0.15) is 51.1 Å². The molecule has 0 spiro atoms. The van der Waals surface area contributed by atoms with Crippen LogP contribution < -0.4 is 10.6 Å². The van der Waals surface area contributed by atoms with Crippen LogP contribution in [0.4, 0.5) is 17.3 Å². The topological polar surface area (TPSA) is 160 Å². The van der Waals surface area contributed by atoms with Crippen molar-refractivity contribution in [1.29, 1.82) is 0 Å². The average molecular weight is 646 g/mol. The standard InChI is InChI=1S/C32H39N9O4S/c1-32(42)10-7-23(8-11-32)36-28-17-30(34-19-26(28)27-4-2-3-24(37-27)21-40-13-15-45-16-14-40)38-29-9-12-33-31(39-29)22-18-35-41(20-22)46(43,44)25-5-6-25/h2-4,9,12,17-20,23,25,42H,5-8,10-11,13-16,21H2,1H3,(H2,33,34,36,38,39). The van der Waals surface area contributed by atoms with Crippen molar-refractivity contribution in [3.63, 3.8) is 0 Å². The van der Waals surface area contributed by atoms with E-state index in [2.05, 4.69) is 36.7 Å². The second-order valence-electron chi connectivity index (χ2n) is 12.7. The molecule has 3 N–H and O–H groups in total. The van der Waals surface area contributed by atoms with Gasteiger partial charge < -0.3 is 20.5 Å². The minimum absolute atomic E-state index is 0.194. The predicted molar refractivity (Wildman–Crippen MR) is 174 cm³/mol. The summed E-state index contributed by atoms with van der Waals surface area (Å²) in [6.45, 7) is 5.91. The molecule has 7 rings (SSSR count). The number of pyridine rings is 2. The highest BCUT2D eigenvalue weighted by molar-refractivity contribution is 7.90. The summed E-state index contributed by atoms with van der Waals surface area (Å²) in [6, 6.07) is 9.98. The van der Waals surface area contributed by atoms with E-state index in [0.29, 0.717) is 35.9 Å². The number of anilines is 3. The van der Waals surface area contributed by atoms with E-state index in [0.717, 1.165) is 85.3 Å². The molecule has 3 fully saturated rings. The third-order valence-corrected chi connectivity index (χ3v) is 10.9. The second kappa shape index (κ2) is 12.7. The lowest BCUT2D eigenvalue weighted by Crippen LogP contribution is -2.36. The first-order valence-corrected chi connectivity index (χ1v) is 17.4. The Morgan fingerprint density at radius 2 is 1.83 bits per heavy atom. The molecule has 0 atom stereocenters. The molecule has 5 heterocycles. The zero-order valence-electron chi connectivity index (χ0n) is 25.8. The van der Waals surface area contributed by atoms with Crippen LogP contribution in [0.15, 0.2) is 55.1 Å². The lowest BCUT2D eigenvalue weighted by atomic mass is 9.83. The third-order valence-electron chi connectivity index (χ3n) is 8.83. The van der Waals surface area contributed by atoms with Gasteiger partial charge in [-0.25, -0.2) is 23.4 Å². The van der Waals surface area contributed by atoms with Gasteiger partial charge in [0.15, 0.2) is 5.82 Å². The molecule has 14 heteroatoms. The highest BCUT2D eigenvalue weighted by atomic mass is 32.2. The van der Waals surface area contributed by atoms with Crippen LogP contribution in [0, 0.1) is 0 Å². The lowest BCUT2D eigenvalue weighted by molar-refractivity contribution is 0.0196. The first-order chi connectivity index (χ1) is 22.2. The Balaban J connectivity index is 1.14. The number of nitrogens with one attached hydrogen (secondary N) is 2. The molecular weight excluding hydrogens is 606 g/mol. The van der Waals surface area contributed by atoms with Gasteiger partial charge in [-0.2, -0.15) is 9.19 Å². The van der Waals surface area contributed by atoms with Crippen LogP contribution in [0.5, 0.6) is 0 Å². The second-order valence-corrected chi connectivity index (χ2v) is 14.7. The van der Waals surface area contributed by atoms with Crippen LogP contribution in [-0.4, -0.2) is 90.7 Å². The molecule has 0 unspecified atom stereocenters. The Labute approximate surface area is 268 Å². The number of aromatic nitrogens is 6. The average Bonchev–Trinajstić information content (AvgIpc) is 3.80. The van der Waals surface area contributed by atoms with E-state index in [1.165, 1.54) is 12.4 Å². The zero-order valence-corrected chi connectivity index (χ0v) is 26.7. The van der Waals surface area contributed by atoms with Gasteiger partial charge in [0.2, 0.25) is 0 Å². The summed E-state index contributed by atoms with van der Waals surface area (Å²) in [7, 11) is -3.48. The fourth-order valence-electron chi connectivity index (χ4n) is 5.93. The largest absolute Gasteiger partial charge is 0.390 e. The molecule has 2 saturated carbocycles. The van der Waals surface area contributed by atoms with Crippen molar-refractivity contribution in [2.24, 2.45) is 0 Å². The molecule has 0 aromatic carbocycles. The highest BCUT2D eigenvalue weighted by Gasteiger charge is 2.37. The minimum Gasteiger partial charge on any atom is -0.390 e. The number of hydrogen-bond acceptors (Lipinski definition) is 12. The fourth-order valence-corrected chi connectivity index (χ4v) is 7.41. The van der Waals surface area contributed by atoms with E-state index < -0.39 is 15.6 Å². The van der Waals surface area contributed by atoms with Gasteiger partial charge in [-0.15, -0.1) is 0 Å². The van der Waals surface area contributed by atoms with Crippen molar-refractivity contribution < 1.29 is 18.3 Å². The van der Waals surface area contributed by atoms with Crippen molar-refractivity contribution in [2.45, 2.75) is 68.9 Å². The van der Waals surface area contributed by atoms with Gasteiger partial charge in [-0.3, -0.25) is 9.88 Å². The highest BCUT2D eigenvalue weighted by Crippen LogP contribution is 2.35. The smallest absolute Gasteiger partial charge is 0.256 e. The number of morpholine rings is 1. The Morgan fingerprint density at radius 3 is 2.61 bits per heavy atom. The van der Waals surface area contributed by atoms with Gasteiger partial charge in [0.1, 0.15) is 11.6 Å². The van der Waals surface area contributed by atoms with E-state index >= 15 is 0 Å². The van der Waals surface area contributed by atoms with Crippen molar-refractivity contribution in [2.75, 3.05) is 36.9 Å². The quantitative estimate of drug-likeness (QED) is 0.229. The Kier molecular flexibility index (Phi) is 8.44. The van der Waals surface area contributed by atoms with Crippen molar-refractivity contribution in [3.8, 4) is 22.6 Å². The van der Waals surface area contributed by atoms with Crippen molar-refractivity contribution in [1.82, 2.24) is 34.0 Å². The number of aliphatic hydroxyl groups is 1. The summed E-state index contributed by atoms with van der Waals surface area (Å²) in [5, 5.41) is 21.2. The summed E-state index contributed by atoms with van der Waals surface area (Å²) in [5.74, 6) is 1.44. The molecule has 242 valence electrons. The SMILES string of the molecule is CC1(O)CCC(Nc2cc(Nc3ccnc(-c4cnn(S(=O)(=O)C5CC5)c4)n3)ncc2-c2cccc(CN3CCOCC3)n2)CC1. The predicted octanol–water partition coefficient (Wildman–Crippen LogP) is 3.82. The normalized spacial score (nSPS) is 22.4. The number of ether oxygens (including phenoxy) is 1. The summed E-state index contributed by atoms with van der Waals surface area (Å²) in [4.78, 5) is 21.0. The molecule has 0 bridgehead atoms. The molecule has 1 aliphatic heterocycles. The summed E-state index contributed by atoms with van der Waals surface area (Å²) < 4.78 is 31.7. The molecule has 1 saturated heterocycles. The van der Waals surface area contributed by atoms with Crippen LogP contribution in [0.25, 0.3) is 22.6 Å². The van der Waals surface area contributed by atoms with E-state index in [4.69, 9.17) is 14.7 Å². The molecule has 0 amide bonds. The van der Waals surface area contributed by atoms with E-state index in [9.17, 15) is 13.5 Å². The van der Waals surface area contributed by atoms with E-state index in [1.54, 1.807) is 12.3 Å². The Morgan fingerprint density at radius 1 is 1.02 bits per heavy atom. The molecule has 0 radical (unpaired) electrons. The van der Waals surface area contributed by atoms with E-state index in [1.807, 2.05) is 31.3 Å². The van der Waals surface area contributed by atoms with Gasteiger partial charge in [0.25, 0.3) is 10.0 Å². The summed E-state index contributed by atoms with van der Waals surface area (Å²) in [6.07, 6.45) is 10.8. The van der Waals surface area contributed by atoms with Gasteiger partial charge in [-0.05, 0) is 63.6 Å². The minimum atomic E-state index is -3.48. The van der Waals surface area contributed by atoms with Gasteiger partial charge in [0.05, 0.1) is 53.4 Å². The molecule has 4 aromatic heterocycles. The molecule has 2 aliphatic carbocycles. The van der Waals surface area contributed by atoms with Gasteiger partial charge in [0, 0.05) is 55.4 Å². The Bertz CT molecular complexity index is 1790. The van der Waals surface area contributed by atoms with Crippen LogP contribution >= 0.6 is 0 Å². The molecular formula is C32H39N9O4S. The molecule has 3 aliphatic rings. The number of nitrogens with zero attached hydrogens (tertiary/aromatic N) is 7. The van der Waals surface area contributed by atoms with Gasteiger partial charge in [-0.1, -0.05) is 6.07 Å². The van der Waals surface area contributed by atoms with Gasteiger partial charge >= 0.3 is 0 Å². The Hall–Kier alpha value is -3.98. The third kappa shape index (κ3) is 7.04. The van der Waals surface area contributed by atoms with Crippen LogP contribution in [0.2, 0.25) is 0 Å². The maximum atomic E-state index is 12.6. The lowest BCUT2D eigenvalue weighted by Gasteiger charge is -2.34. The maximum Gasteiger partial charge on any atom is 0.256 e. The molecule has 13 nitrogen and oxygen atoms in total. The summed E-state index contributed by atoms with van der Waals surface area (Å²) >= 11 is 0. The first kappa shape index (κ1) is 30.7. The summed E-state index contributed by atoms with van der Waals surface area (Å²) in [5.41, 5.74) is 3.47. The monoisotopic (exact) mass is 645 g/mol. The number of rotatable bonds is 10. The van der Waals surface area contributed by atoms with Crippen molar-refractivity contribution in [3.05, 3.63) is 60.8 Å². The van der Waals surface area contributed by atoms with Crippen molar-refractivity contribution >= 4 is 27.3 Å².